The Balaban J connectivity index is 1.72. The fraction of sp³-hybridized carbons (Fsp3) is 0.333. The summed E-state index contributed by atoms with van der Waals surface area (Å²) in [6.07, 6.45) is -4.83. The van der Waals surface area contributed by atoms with Gasteiger partial charge in [0.05, 0.1) is 36.4 Å². The van der Waals surface area contributed by atoms with Crippen LogP contribution >= 0.6 is 0 Å². The molecule has 0 saturated carbocycles. The number of rotatable bonds is 12. The van der Waals surface area contributed by atoms with E-state index in [9.17, 15) is 32.7 Å². The van der Waals surface area contributed by atoms with E-state index in [1.807, 2.05) is 30.3 Å². The van der Waals surface area contributed by atoms with E-state index in [-0.39, 0.29) is 29.5 Å². The Labute approximate surface area is 253 Å². The third-order valence-corrected chi connectivity index (χ3v) is 7.40. The summed E-state index contributed by atoms with van der Waals surface area (Å²) < 4.78 is 47.3. The standard InChI is InChI=1S/C33H34F3N3O5/c1-2-44-28(40)20-25(33(34,35)36)30(32(42)43)38-29(23-14-7-4-8-15-23)24-16-9-10-17-26(24)37-31(41)27-18-11-19-39(27)21-22-12-5-3-6-13-22/h3-10,12-17,25,27,30H,2,11,18-21H2,1H3,(H,37,41)(H,42,43)/t25-,27+,30+/m1/s1. The van der Waals surface area contributed by atoms with E-state index in [1.165, 1.54) is 6.92 Å². The van der Waals surface area contributed by atoms with Crippen LogP contribution in [0.15, 0.2) is 89.9 Å². The summed E-state index contributed by atoms with van der Waals surface area (Å²) in [5.74, 6) is -5.97. The molecular formula is C33H34F3N3O5. The second-order valence-electron chi connectivity index (χ2n) is 10.4. The zero-order valence-corrected chi connectivity index (χ0v) is 24.2. The molecule has 3 aromatic rings. The Morgan fingerprint density at radius 2 is 1.64 bits per heavy atom. The highest BCUT2D eigenvalue weighted by molar-refractivity contribution is 6.17. The number of carbonyl (C=O) groups excluding carboxylic acids is 2. The first-order chi connectivity index (χ1) is 21.1. The average Bonchev–Trinajstić information content (AvgIpc) is 3.46. The number of ether oxygens (including phenoxy) is 1. The molecule has 44 heavy (non-hydrogen) atoms. The third-order valence-electron chi connectivity index (χ3n) is 7.40. The zero-order chi connectivity index (χ0) is 31.7. The first-order valence-electron chi connectivity index (χ1n) is 14.3. The summed E-state index contributed by atoms with van der Waals surface area (Å²) in [6.45, 7) is 2.59. The van der Waals surface area contributed by atoms with Crippen LogP contribution in [0.25, 0.3) is 0 Å². The van der Waals surface area contributed by atoms with Gasteiger partial charge in [-0.3, -0.25) is 19.5 Å². The number of nitrogens with one attached hydrogen (secondary N) is 1. The van der Waals surface area contributed by atoms with Gasteiger partial charge in [0.25, 0.3) is 0 Å². The van der Waals surface area contributed by atoms with E-state index in [2.05, 4.69) is 15.2 Å². The molecule has 1 fully saturated rings. The minimum Gasteiger partial charge on any atom is -0.480 e. The molecule has 0 unspecified atom stereocenters. The van der Waals surface area contributed by atoms with Crippen LogP contribution in [0.4, 0.5) is 18.9 Å². The molecule has 0 bridgehead atoms. The van der Waals surface area contributed by atoms with Gasteiger partial charge in [0.1, 0.15) is 0 Å². The van der Waals surface area contributed by atoms with Gasteiger partial charge in [-0.15, -0.1) is 0 Å². The van der Waals surface area contributed by atoms with Gasteiger partial charge < -0.3 is 15.2 Å². The normalized spacial score (nSPS) is 17.1. The molecule has 1 saturated heterocycles. The number of aliphatic imine (C=N–C) groups is 1. The fourth-order valence-corrected chi connectivity index (χ4v) is 5.30. The summed E-state index contributed by atoms with van der Waals surface area (Å²) in [7, 11) is 0. The monoisotopic (exact) mass is 609 g/mol. The van der Waals surface area contributed by atoms with Crippen LogP contribution in [-0.4, -0.2) is 65.0 Å². The summed E-state index contributed by atoms with van der Waals surface area (Å²) >= 11 is 0. The Bertz CT molecular complexity index is 1460. The number of halogens is 3. The minimum atomic E-state index is -5.07. The number of carboxylic acids is 1. The van der Waals surface area contributed by atoms with Crippen LogP contribution in [0, 0.1) is 5.92 Å². The molecule has 1 amide bonds. The summed E-state index contributed by atoms with van der Waals surface area (Å²) in [5.41, 5.74) is 1.84. The van der Waals surface area contributed by atoms with Gasteiger partial charge in [-0.2, -0.15) is 13.2 Å². The molecule has 1 aliphatic rings. The van der Waals surface area contributed by atoms with Crippen LogP contribution < -0.4 is 5.32 Å². The smallest absolute Gasteiger partial charge is 0.395 e. The summed E-state index contributed by atoms with van der Waals surface area (Å²) in [4.78, 5) is 44.2. The van der Waals surface area contributed by atoms with Gasteiger partial charge in [0, 0.05) is 17.7 Å². The van der Waals surface area contributed by atoms with Crippen molar-refractivity contribution >= 4 is 29.2 Å². The molecule has 0 spiro atoms. The molecule has 11 heteroatoms. The molecule has 0 aliphatic carbocycles. The highest BCUT2D eigenvalue weighted by Gasteiger charge is 2.49. The molecule has 2 N–H and O–H groups in total. The maximum Gasteiger partial charge on any atom is 0.395 e. The van der Waals surface area contributed by atoms with E-state index in [1.54, 1.807) is 54.6 Å². The second-order valence-corrected chi connectivity index (χ2v) is 10.4. The van der Waals surface area contributed by atoms with Crippen LogP contribution in [0.3, 0.4) is 0 Å². The van der Waals surface area contributed by atoms with Crippen molar-refractivity contribution in [1.82, 2.24) is 4.90 Å². The molecule has 3 aromatic carbocycles. The molecular weight excluding hydrogens is 575 g/mol. The predicted octanol–water partition coefficient (Wildman–Crippen LogP) is 5.71. The number of anilines is 1. The number of alkyl halides is 3. The van der Waals surface area contributed by atoms with Crippen molar-refractivity contribution in [2.45, 2.75) is 51.0 Å². The number of hydrogen-bond acceptors (Lipinski definition) is 6. The largest absolute Gasteiger partial charge is 0.480 e. The van der Waals surface area contributed by atoms with Crippen molar-refractivity contribution in [3.63, 3.8) is 0 Å². The Morgan fingerprint density at radius 3 is 2.27 bits per heavy atom. The second kappa shape index (κ2) is 14.8. The van der Waals surface area contributed by atoms with Crippen molar-refractivity contribution < 1.29 is 37.4 Å². The van der Waals surface area contributed by atoms with E-state index >= 15 is 0 Å². The van der Waals surface area contributed by atoms with Crippen molar-refractivity contribution in [3.05, 3.63) is 102 Å². The number of hydrogen-bond donors (Lipinski definition) is 2. The highest BCUT2D eigenvalue weighted by atomic mass is 19.4. The molecule has 3 atom stereocenters. The number of esters is 1. The molecule has 232 valence electrons. The molecule has 4 rings (SSSR count). The molecule has 1 aliphatic heterocycles. The topological polar surface area (TPSA) is 108 Å². The first-order valence-corrected chi connectivity index (χ1v) is 14.3. The number of likely N-dealkylation sites (tertiary alicyclic amines) is 1. The summed E-state index contributed by atoms with van der Waals surface area (Å²) in [6, 6.07) is 21.5. The number of para-hydroxylation sites is 1. The van der Waals surface area contributed by atoms with Gasteiger partial charge in [-0.25, -0.2) is 4.79 Å². The van der Waals surface area contributed by atoms with Crippen LogP contribution in [-0.2, 0) is 25.7 Å². The number of benzene rings is 3. The maximum atomic E-state index is 14.2. The fourth-order valence-electron chi connectivity index (χ4n) is 5.30. The van der Waals surface area contributed by atoms with Gasteiger partial charge in [-0.1, -0.05) is 78.9 Å². The lowest BCUT2D eigenvalue weighted by Crippen LogP contribution is -2.41. The van der Waals surface area contributed by atoms with Gasteiger partial charge in [-0.05, 0) is 37.9 Å². The quantitative estimate of drug-likeness (QED) is 0.201. The van der Waals surface area contributed by atoms with Gasteiger partial charge in [0.2, 0.25) is 5.91 Å². The SMILES string of the molecule is CCOC(=O)C[C@H]([C@H](N=C(c1ccccc1)c1ccccc1NC(=O)[C@@H]1CCCN1Cc1ccccc1)C(=O)O)C(F)(F)F. The molecule has 0 radical (unpaired) electrons. The van der Waals surface area contributed by atoms with E-state index in [0.29, 0.717) is 18.5 Å². The number of carboxylic acid groups (broad SMARTS) is 1. The Morgan fingerprint density at radius 1 is 1.00 bits per heavy atom. The van der Waals surface area contributed by atoms with Gasteiger partial charge >= 0.3 is 18.1 Å². The number of nitrogens with zero attached hydrogens (tertiary/aromatic N) is 2. The van der Waals surface area contributed by atoms with Crippen molar-refractivity contribution in [3.8, 4) is 0 Å². The van der Waals surface area contributed by atoms with Crippen molar-refractivity contribution in [1.29, 1.82) is 0 Å². The lowest BCUT2D eigenvalue weighted by molar-refractivity contribution is -0.193. The van der Waals surface area contributed by atoms with E-state index < -0.39 is 42.5 Å². The summed E-state index contributed by atoms with van der Waals surface area (Å²) in [5, 5.41) is 12.9. The molecule has 1 heterocycles. The van der Waals surface area contributed by atoms with Crippen LogP contribution in [0.1, 0.15) is 42.9 Å². The van der Waals surface area contributed by atoms with Crippen molar-refractivity contribution in [2.75, 3.05) is 18.5 Å². The third kappa shape index (κ3) is 8.31. The van der Waals surface area contributed by atoms with E-state index in [4.69, 9.17) is 4.74 Å². The van der Waals surface area contributed by atoms with E-state index in [0.717, 1.165) is 18.5 Å². The number of carbonyl (C=O) groups is 3. The lowest BCUT2D eigenvalue weighted by atomic mass is 9.94. The van der Waals surface area contributed by atoms with Crippen LogP contribution in [0.2, 0.25) is 0 Å². The lowest BCUT2D eigenvalue weighted by Gasteiger charge is -2.25. The van der Waals surface area contributed by atoms with Crippen LogP contribution in [0.5, 0.6) is 0 Å². The average molecular weight is 610 g/mol. The number of aliphatic carboxylic acids is 1. The maximum absolute atomic E-state index is 14.2. The zero-order valence-electron chi connectivity index (χ0n) is 24.2. The van der Waals surface area contributed by atoms with Crippen molar-refractivity contribution in [2.24, 2.45) is 10.9 Å². The predicted molar refractivity (Wildman–Crippen MR) is 159 cm³/mol. The van der Waals surface area contributed by atoms with Gasteiger partial charge in [0.15, 0.2) is 6.04 Å². The molecule has 8 nitrogen and oxygen atoms in total. The highest BCUT2D eigenvalue weighted by Crippen LogP contribution is 2.35. The number of amides is 1. The first kappa shape index (κ1) is 32.4. The Hall–Kier alpha value is -4.51. The molecule has 0 aromatic heterocycles. The minimum absolute atomic E-state index is 0.0698. The Kier molecular flexibility index (Phi) is 10.9.